The molecular formula is C21H21Cl3N2O2. The van der Waals surface area contributed by atoms with Gasteiger partial charge in [-0.25, -0.2) is 0 Å². The third-order valence-electron chi connectivity index (χ3n) is 4.92. The van der Waals surface area contributed by atoms with E-state index in [1.54, 1.807) is 18.2 Å². The van der Waals surface area contributed by atoms with Crippen LogP contribution in [0.25, 0.3) is 0 Å². The quantitative estimate of drug-likeness (QED) is 0.575. The number of aryl methyl sites for hydroxylation is 1. The highest BCUT2D eigenvalue weighted by atomic mass is 35.5. The Morgan fingerprint density at radius 1 is 1.14 bits per heavy atom. The van der Waals surface area contributed by atoms with Gasteiger partial charge in [0.2, 0.25) is 5.91 Å². The third-order valence-corrected chi connectivity index (χ3v) is 5.84. The van der Waals surface area contributed by atoms with E-state index >= 15 is 0 Å². The van der Waals surface area contributed by atoms with Gasteiger partial charge in [0.15, 0.2) is 5.78 Å². The van der Waals surface area contributed by atoms with Gasteiger partial charge in [-0.1, -0.05) is 40.9 Å². The average molecular weight is 440 g/mol. The van der Waals surface area contributed by atoms with Crippen molar-refractivity contribution in [1.82, 2.24) is 0 Å². The van der Waals surface area contributed by atoms with Crippen LogP contribution in [0.4, 0.5) is 11.4 Å². The van der Waals surface area contributed by atoms with Crippen molar-refractivity contribution in [2.24, 2.45) is 0 Å². The van der Waals surface area contributed by atoms with Gasteiger partial charge in [-0.3, -0.25) is 9.59 Å². The molecular weight excluding hydrogens is 419 g/mol. The van der Waals surface area contributed by atoms with E-state index in [0.717, 1.165) is 23.2 Å². The first-order valence-electron chi connectivity index (χ1n) is 9.17. The molecule has 0 spiro atoms. The highest BCUT2D eigenvalue weighted by molar-refractivity contribution is 6.36. The maximum Gasteiger partial charge on any atom is 0.224 e. The van der Waals surface area contributed by atoms with Gasteiger partial charge in [0.05, 0.1) is 16.8 Å². The first-order chi connectivity index (χ1) is 13.3. The topological polar surface area (TPSA) is 58.2 Å². The van der Waals surface area contributed by atoms with Gasteiger partial charge in [-0.15, -0.1) is 0 Å². The Balaban J connectivity index is 1.49. The van der Waals surface area contributed by atoms with Crippen molar-refractivity contribution in [1.29, 1.82) is 0 Å². The summed E-state index contributed by atoms with van der Waals surface area (Å²) in [7, 11) is 0. The van der Waals surface area contributed by atoms with Crippen molar-refractivity contribution in [2.45, 2.75) is 45.1 Å². The Bertz CT molecular complexity index is 915. The zero-order chi connectivity index (χ0) is 20.3. The summed E-state index contributed by atoms with van der Waals surface area (Å²) in [4.78, 5) is 24.7. The van der Waals surface area contributed by atoms with Crippen LogP contribution < -0.4 is 10.6 Å². The van der Waals surface area contributed by atoms with Gasteiger partial charge in [-0.2, -0.15) is 0 Å². The van der Waals surface area contributed by atoms with E-state index in [1.165, 1.54) is 0 Å². The van der Waals surface area contributed by atoms with E-state index in [1.807, 2.05) is 19.1 Å². The first-order valence-corrected chi connectivity index (χ1v) is 10.3. The van der Waals surface area contributed by atoms with E-state index in [0.29, 0.717) is 40.0 Å². The van der Waals surface area contributed by atoms with Crippen molar-refractivity contribution in [3.05, 3.63) is 56.5 Å². The monoisotopic (exact) mass is 438 g/mol. The van der Waals surface area contributed by atoms with E-state index in [2.05, 4.69) is 10.6 Å². The molecule has 1 unspecified atom stereocenters. The number of anilines is 2. The van der Waals surface area contributed by atoms with Gasteiger partial charge in [0.25, 0.3) is 0 Å². The predicted octanol–water partition coefficient (Wildman–Crippen LogP) is 6.06. The molecule has 1 aliphatic rings. The van der Waals surface area contributed by atoms with Gasteiger partial charge in [0, 0.05) is 28.6 Å². The minimum atomic E-state index is -0.288. The van der Waals surface area contributed by atoms with Crippen molar-refractivity contribution >= 4 is 57.9 Å². The zero-order valence-electron chi connectivity index (χ0n) is 15.5. The summed E-state index contributed by atoms with van der Waals surface area (Å²) >= 11 is 18.3. The molecule has 0 bridgehead atoms. The standard InChI is InChI=1S/C21H21Cl3N2O2/c1-12-15(23)4-2-5-17(12)25-20(28)7-3-6-19(27)18-9-8-13-10-14(22)11-16(24)21(13)26-18/h2,4-5,10-11,18,26H,3,6-9H2,1H3,(H,25,28). The zero-order valence-corrected chi connectivity index (χ0v) is 17.7. The molecule has 0 aromatic heterocycles. The molecule has 0 saturated heterocycles. The van der Waals surface area contributed by atoms with E-state index < -0.39 is 0 Å². The Hall–Kier alpha value is -1.75. The molecule has 0 saturated carbocycles. The normalized spacial score (nSPS) is 15.5. The van der Waals surface area contributed by atoms with Crippen molar-refractivity contribution in [2.75, 3.05) is 10.6 Å². The first kappa shape index (κ1) is 21.0. The van der Waals surface area contributed by atoms with Crippen molar-refractivity contribution in [3.8, 4) is 0 Å². The lowest BCUT2D eigenvalue weighted by Gasteiger charge is -2.27. The number of hydrogen-bond donors (Lipinski definition) is 2. The maximum absolute atomic E-state index is 12.5. The summed E-state index contributed by atoms with van der Waals surface area (Å²) in [5.41, 5.74) is 3.33. The van der Waals surface area contributed by atoms with E-state index in [4.69, 9.17) is 34.8 Å². The number of rotatable bonds is 6. The van der Waals surface area contributed by atoms with Gasteiger partial charge in [-0.05, 0) is 61.6 Å². The molecule has 1 aliphatic heterocycles. The highest BCUT2D eigenvalue weighted by Crippen LogP contribution is 2.35. The smallest absolute Gasteiger partial charge is 0.224 e. The Kier molecular flexibility index (Phi) is 6.86. The van der Waals surface area contributed by atoms with Crippen LogP contribution in [-0.2, 0) is 16.0 Å². The van der Waals surface area contributed by atoms with E-state index in [9.17, 15) is 9.59 Å². The van der Waals surface area contributed by atoms with Crippen LogP contribution in [0.15, 0.2) is 30.3 Å². The summed E-state index contributed by atoms with van der Waals surface area (Å²) in [5.74, 6) is -0.0406. The molecule has 7 heteroatoms. The number of carbonyl (C=O) groups excluding carboxylic acids is 2. The lowest BCUT2D eigenvalue weighted by atomic mass is 9.93. The number of nitrogens with one attached hydrogen (secondary N) is 2. The van der Waals surface area contributed by atoms with Crippen LogP contribution >= 0.6 is 34.8 Å². The highest BCUT2D eigenvalue weighted by Gasteiger charge is 2.25. The number of Topliss-reactive ketones (excluding diaryl/α,β-unsaturated/α-hetero) is 1. The number of benzene rings is 2. The van der Waals surface area contributed by atoms with Crippen LogP contribution in [0.2, 0.25) is 15.1 Å². The van der Waals surface area contributed by atoms with Crippen molar-refractivity contribution < 1.29 is 9.59 Å². The molecule has 0 fully saturated rings. The molecule has 28 heavy (non-hydrogen) atoms. The number of amides is 1. The lowest BCUT2D eigenvalue weighted by Crippen LogP contribution is -2.33. The number of hydrogen-bond acceptors (Lipinski definition) is 3. The summed E-state index contributed by atoms with van der Waals surface area (Å²) in [6.07, 6.45) is 2.53. The summed E-state index contributed by atoms with van der Waals surface area (Å²) in [6.45, 7) is 1.85. The SMILES string of the molecule is Cc1c(Cl)cccc1NC(=O)CCCC(=O)C1CCc2cc(Cl)cc(Cl)c2N1. The minimum absolute atomic E-state index is 0.0865. The molecule has 3 rings (SSSR count). The van der Waals surface area contributed by atoms with Crippen LogP contribution in [0, 0.1) is 6.92 Å². The van der Waals surface area contributed by atoms with E-state index in [-0.39, 0.29) is 24.2 Å². The van der Waals surface area contributed by atoms with Crippen LogP contribution in [0.3, 0.4) is 0 Å². The second kappa shape index (κ2) is 9.17. The minimum Gasteiger partial charge on any atom is -0.374 e. The number of carbonyl (C=O) groups is 2. The Morgan fingerprint density at radius 2 is 1.93 bits per heavy atom. The largest absolute Gasteiger partial charge is 0.374 e. The van der Waals surface area contributed by atoms with Gasteiger partial charge in [0.1, 0.15) is 0 Å². The molecule has 4 nitrogen and oxygen atoms in total. The summed E-state index contributed by atoms with van der Waals surface area (Å²) < 4.78 is 0. The fourth-order valence-corrected chi connectivity index (χ4v) is 4.09. The molecule has 2 aromatic carbocycles. The van der Waals surface area contributed by atoms with Crippen molar-refractivity contribution in [3.63, 3.8) is 0 Å². The molecule has 148 valence electrons. The lowest BCUT2D eigenvalue weighted by molar-refractivity contribution is -0.120. The van der Waals surface area contributed by atoms with Gasteiger partial charge < -0.3 is 10.6 Å². The second-order valence-electron chi connectivity index (χ2n) is 6.94. The number of halogens is 3. The van der Waals surface area contributed by atoms with Crippen LogP contribution in [0.1, 0.15) is 36.8 Å². The second-order valence-corrected chi connectivity index (χ2v) is 8.19. The molecule has 0 aliphatic carbocycles. The molecule has 1 atom stereocenters. The molecule has 2 aromatic rings. The molecule has 2 N–H and O–H groups in total. The molecule has 1 heterocycles. The Labute approximate surface area is 179 Å². The average Bonchev–Trinajstić information content (AvgIpc) is 2.65. The summed E-state index contributed by atoms with van der Waals surface area (Å²) in [6, 6.07) is 8.64. The summed E-state index contributed by atoms with van der Waals surface area (Å²) in [5, 5.41) is 7.80. The van der Waals surface area contributed by atoms with Gasteiger partial charge >= 0.3 is 0 Å². The molecule has 0 radical (unpaired) electrons. The maximum atomic E-state index is 12.5. The fraction of sp³-hybridized carbons (Fsp3) is 0.333. The fourth-order valence-electron chi connectivity index (χ4n) is 3.33. The number of fused-ring (bicyclic) bond motifs is 1. The van der Waals surface area contributed by atoms with Crippen LogP contribution in [0.5, 0.6) is 0 Å². The Morgan fingerprint density at radius 3 is 2.71 bits per heavy atom. The predicted molar refractivity (Wildman–Crippen MR) is 116 cm³/mol. The van der Waals surface area contributed by atoms with Crippen LogP contribution in [-0.4, -0.2) is 17.7 Å². The number of ketones is 1. The third kappa shape index (κ3) is 4.99. The molecule has 1 amide bonds.